The average molecular weight is 642 g/mol. The summed E-state index contributed by atoms with van der Waals surface area (Å²) in [4.78, 5) is 59.9. The molecule has 3 aromatic rings. The van der Waals surface area contributed by atoms with Gasteiger partial charge in [0.1, 0.15) is 12.1 Å². The molecule has 47 heavy (non-hydrogen) atoms. The zero-order chi connectivity index (χ0) is 33.5. The van der Waals surface area contributed by atoms with Gasteiger partial charge in [-0.2, -0.15) is 0 Å². The Hall–Kier alpha value is -4.47. The van der Waals surface area contributed by atoms with Gasteiger partial charge in [0.15, 0.2) is 5.76 Å². The molecule has 0 aliphatic carbocycles. The molecule has 2 fully saturated rings. The van der Waals surface area contributed by atoms with Crippen molar-refractivity contribution in [1.82, 2.24) is 14.8 Å². The van der Waals surface area contributed by atoms with Gasteiger partial charge in [0.05, 0.1) is 6.20 Å². The molecule has 3 heterocycles. The van der Waals surface area contributed by atoms with Crippen LogP contribution in [0.5, 0.6) is 0 Å². The van der Waals surface area contributed by atoms with E-state index >= 15 is 0 Å². The SMILES string of the molecule is CCCC(C)C(=O)N1CCCC1C(=O)Nc1ccc(-c2cnc(-c3ccc(NC(=O)[C@@H]4CCCN4C(=O)[C@@H](C)CCC)cc3)o2)cc1. The fourth-order valence-corrected chi connectivity index (χ4v) is 6.69. The lowest BCUT2D eigenvalue weighted by atomic mass is 10.0. The van der Waals surface area contributed by atoms with Gasteiger partial charge in [-0.15, -0.1) is 0 Å². The fourth-order valence-electron chi connectivity index (χ4n) is 6.69. The third-order valence-electron chi connectivity index (χ3n) is 9.31. The molecule has 0 bridgehead atoms. The maximum absolute atomic E-state index is 13.1. The zero-order valence-corrected chi connectivity index (χ0v) is 28.0. The van der Waals surface area contributed by atoms with Gasteiger partial charge in [0.2, 0.25) is 29.5 Å². The standard InChI is InChI=1S/C37H47N5O5/c1-5-9-24(3)36(45)41-21-7-11-30(41)33(43)39-28-17-13-26(14-18-28)32-23-38-35(47-32)27-15-19-29(20-16-27)40-34(44)31-12-8-22-42(31)37(46)25(4)10-6-2/h13-20,23-25,30-31H,5-12,21-22H2,1-4H3,(H,39,43)(H,40,44)/t24?,25-,30?,31-/m0/s1. The van der Waals surface area contributed by atoms with Crippen molar-refractivity contribution in [2.45, 2.75) is 91.1 Å². The number of nitrogens with one attached hydrogen (secondary N) is 2. The van der Waals surface area contributed by atoms with E-state index in [9.17, 15) is 19.2 Å². The molecule has 5 rings (SSSR count). The van der Waals surface area contributed by atoms with E-state index in [0.717, 1.165) is 49.7 Å². The second-order valence-electron chi connectivity index (χ2n) is 12.9. The summed E-state index contributed by atoms with van der Waals surface area (Å²) in [7, 11) is 0. The average Bonchev–Trinajstić information content (AvgIpc) is 3.86. The van der Waals surface area contributed by atoms with Crippen molar-refractivity contribution in [3.63, 3.8) is 0 Å². The summed E-state index contributed by atoms with van der Waals surface area (Å²) in [6, 6.07) is 13.7. The largest absolute Gasteiger partial charge is 0.436 e. The third kappa shape index (κ3) is 7.92. The molecule has 2 saturated heterocycles. The topological polar surface area (TPSA) is 125 Å². The Bertz CT molecular complexity index is 1440. The molecule has 2 aliphatic rings. The number of hydrogen-bond donors (Lipinski definition) is 2. The van der Waals surface area contributed by atoms with Crippen molar-refractivity contribution < 1.29 is 23.6 Å². The number of nitrogens with zero attached hydrogens (tertiary/aromatic N) is 3. The van der Waals surface area contributed by atoms with E-state index in [0.29, 0.717) is 49.0 Å². The van der Waals surface area contributed by atoms with Gasteiger partial charge in [-0.25, -0.2) is 4.98 Å². The summed E-state index contributed by atoms with van der Waals surface area (Å²) < 4.78 is 6.05. The van der Waals surface area contributed by atoms with Crippen LogP contribution in [0.25, 0.3) is 22.8 Å². The first-order valence-electron chi connectivity index (χ1n) is 17.1. The van der Waals surface area contributed by atoms with E-state index in [1.54, 1.807) is 28.1 Å². The normalized spacial score (nSPS) is 19.0. The summed E-state index contributed by atoms with van der Waals surface area (Å²) in [5.41, 5.74) is 2.86. The monoisotopic (exact) mass is 641 g/mol. The summed E-state index contributed by atoms with van der Waals surface area (Å²) in [6.45, 7) is 9.24. The van der Waals surface area contributed by atoms with Crippen LogP contribution in [0.1, 0.15) is 79.1 Å². The molecule has 1 aromatic heterocycles. The molecule has 4 atom stereocenters. The van der Waals surface area contributed by atoms with Crippen LogP contribution in [-0.2, 0) is 19.2 Å². The Morgan fingerprint density at radius 3 is 1.64 bits per heavy atom. The lowest BCUT2D eigenvalue weighted by Gasteiger charge is -2.26. The van der Waals surface area contributed by atoms with Crippen LogP contribution in [0.3, 0.4) is 0 Å². The van der Waals surface area contributed by atoms with Gasteiger partial charge in [-0.05, 0) is 87.1 Å². The van der Waals surface area contributed by atoms with Crippen molar-refractivity contribution in [2.24, 2.45) is 11.8 Å². The number of anilines is 2. The number of carbonyl (C=O) groups excluding carboxylic acids is 4. The number of likely N-dealkylation sites (tertiary alicyclic amines) is 2. The lowest BCUT2D eigenvalue weighted by molar-refractivity contribution is -0.140. The number of rotatable bonds is 12. The summed E-state index contributed by atoms with van der Waals surface area (Å²) in [5.74, 6) is 0.643. The van der Waals surface area contributed by atoms with Crippen molar-refractivity contribution in [3.05, 3.63) is 54.7 Å². The molecule has 0 radical (unpaired) electrons. The molecule has 4 amide bonds. The van der Waals surface area contributed by atoms with Gasteiger partial charge in [-0.1, -0.05) is 40.5 Å². The first-order chi connectivity index (χ1) is 22.7. The Morgan fingerprint density at radius 2 is 1.19 bits per heavy atom. The Morgan fingerprint density at radius 1 is 0.745 bits per heavy atom. The van der Waals surface area contributed by atoms with Gasteiger partial charge >= 0.3 is 0 Å². The summed E-state index contributed by atoms with van der Waals surface area (Å²) in [6.07, 6.45) is 8.15. The lowest BCUT2D eigenvalue weighted by Crippen LogP contribution is -2.45. The smallest absolute Gasteiger partial charge is 0.247 e. The Balaban J connectivity index is 1.17. The number of oxazole rings is 1. The van der Waals surface area contributed by atoms with Crippen LogP contribution in [-0.4, -0.2) is 63.6 Å². The van der Waals surface area contributed by atoms with Gasteiger partial charge in [-0.3, -0.25) is 19.2 Å². The number of amides is 4. The minimum atomic E-state index is -0.448. The van der Waals surface area contributed by atoms with Crippen molar-refractivity contribution >= 4 is 35.0 Å². The van der Waals surface area contributed by atoms with E-state index in [1.165, 1.54) is 0 Å². The number of aromatic nitrogens is 1. The van der Waals surface area contributed by atoms with Crippen LogP contribution < -0.4 is 10.6 Å². The number of hydrogen-bond acceptors (Lipinski definition) is 6. The summed E-state index contributed by atoms with van der Waals surface area (Å²) >= 11 is 0. The predicted molar refractivity (Wildman–Crippen MR) is 182 cm³/mol. The fraction of sp³-hybridized carbons (Fsp3) is 0.486. The Labute approximate surface area is 277 Å². The minimum Gasteiger partial charge on any atom is -0.436 e. The number of benzene rings is 2. The van der Waals surface area contributed by atoms with E-state index in [1.807, 2.05) is 50.2 Å². The highest BCUT2D eigenvalue weighted by molar-refractivity contribution is 5.98. The molecule has 2 unspecified atom stereocenters. The highest BCUT2D eigenvalue weighted by Gasteiger charge is 2.37. The first kappa shape index (κ1) is 33.9. The van der Waals surface area contributed by atoms with E-state index in [-0.39, 0.29) is 35.5 Å². The maximum atomic E-state index is 13.1. The molecule has 0 spiro atoms. The van der Waals surface area contributed by atoms with E-state index in [2.05, 4.69) is 29.5 Å². The van der Waals surface area contributed by atoms with Crippen LogP contribution >= 0.6 is 0 Å². The van der Waals surface area contributed by atoms with Crippen molar-refractivity contribution in [2.75, 3.05) is 23.7 Å². The second-order valence-corrected chi connectivity index (χ2v) is 12.9. The molecule has 2 N–H and O–H groups in total. The molecule has 2 aromatic carbocycles. The van der Waals surface area contributed by atoms with Crippen LogP contribution in [0.2, 0.25) is 0 Å². The minimum absolute atomic E-state index is 0.0555. The van der Waals surface area contributed by atoms with Gasteiger partial charge in [0.25, 0.3) is 0 Å². The van der Waals surface area contributed by atoms with E-state index in [4.69, 9.17) is 4.42 Å². The van der Waals surface area contributed by atoms with Crippen LogP contribution in [0, 0.1) is 11.8 Å². The maximum Gasteiger partial charge on any atom is 0.247 e. The first-order valence-corrected chi connectivity index (χ1v) is 17.1. The quantitative estimate of drug-likeness (QED) is 0.226. The van der Waals surface area contributed by atoms with Crippen LogP contribution in [0.4, 0.5) is 11.4 Å². The molecular weight excluding hydrogens is 594 g/mol. The molecule has 10 nitrogen and oxygen atoms in total. The zero-order valence-electron chi connectivity index (χ0n) is 28.0. The molecule has 10 heteroatoms. The molecule has 2 aliphatic heterocycles. The van der Waals surface area contributed by atoms with Gasteiger partial charge in [0, 0.05) is 47.4 Å². The third-order valence-corrected chi connectivity index (χ3v) is 9.31. The summed E-state index contributed by atoms with van der Waals surface area (Å²) in [5, 5.41) is 5.95. The van der Waals surface area contributed by atoms with E-state index < -0.39 is 12.1 Å². The molecule has 0 saturated carbocycles. The van der Waals surface area contributed by atoms with Crippen LogP contribution in [0.15, 0.2) is 59.1 Å². The number of carbonyl (C=O) groups is 4. The highest BCUT2D eigenvalue weighted by Crippen LogP contribution is 2.29. The second kappa shape index (κ2) is 15.4. The van der Waals surface area contributed by atoms with Gasteiger partial charge < -0.3 is 24.9 Å². The van der Waals surface area contributed by atoms with Crippen molar-refractivity contribution in [3.8, 4) is 22.8 Å². The highest BCUT2D eigenvalue weighted by atomic mass is 16.4. The predicted octanol–water partition coefficient (Wildman–Crippen LogP) is 6.74. The molecule has 250 valence electrons. The van der Waals surface area contributed by atoms with Crippen molar-refractivity contribution in [1.29, 1.82) is 0 Å². The Kier molecular flexibility index (Phi) is 11.1. The molecular formula is C37H47N5O5.